The van der Waals surface area contributed by atoms with Crippen molar-refractivity contribution in [2.24, 2.45) is 5.92 Å². The van der Waals surface area contributed by atoms with Gasteiger partial charge in [0.15, 0.2) is 0 Å². The molecule has 0 aliphatic heterocycles. The van der Waals surface area contributed by atoms with E-state index in [9.17, 15) is 0 Å². The molecule has 1 N–H and O–H groups in total. The van der Waals surface area contributed by atoms with Crippen LogP contribution >= 0.6 is 0 Å². The standard InChI is InChI=1S/C6H15N.C6H14/c1-6(2)4-5-7-3;1-3-5-6-4-2/h6-7H,4-5H2,1-3H3;3-6H2,1-2H3. The molecule has 0 fully saturated rings. The molecule has 0 heterocycles. The monoisotopic (exact) mass is 187 g/mol. The lowest BCUT2D eigenvalue weighted by molar-refractivity contribution is 0.562. The highest BCUT2D eigenvalue weighted by Crippen LogP contribution is 1.95. The summed E-state index contributed by atoms with van der Waals surface area (Å²) in [5, 5.41) is 3.10. The predicted molar refractivity (Wildman–Crippen MR) is 63.2 cm³/mol. The Hall–Kier alpha value is -0.0400. The Morgan fingerprint density at radius 3 is 1.62 bits per heavy atom. The van der Waals surface area contributed by atoms with Crippen molar-refractivity contribution < 1.29 is 0 Å². The summed E-state index contributed by atoms with van der Waals surface area (Å²) in [5.74, 6) is 0.840. The van der Waals surface area contributed by atoms with Gasteiger partial charge in [0.25, 0.3) is 0 Å². The van der Waals surface area contributed by atoms with Crippen LogP contribution in [0.4, 0.5) is 0 Å². The minimum Gasteiger partial charge on any atom is -0.320 e. The molecule has 0 atom stereocenters. The average Bonchev–Trinajstić information content (AvgIpc) is 2.12. The van der Waals surface area contributed by atoms with E-state index in [1.165, 1.54) is 32.1 Å². The molecule has 1 heteroatoms. The molecular weight excluding hydrogens is 158 g/mol. The molecule has 0 saturated carbocycles. The van der Waals surface area contributed by atoms with Gasteiger partial charge in [-0.25, -0.2) is 0 Å². The molecule has 0 rings (SSSR count). The quantitative estimate of drug-likeness (QED) is 0.623. The van der Waals surface area contributed by atoms with Crippen LogP contribution in [0.2, 0.25) is 0 Å². The fourth-order valence-electron chi connectivity index (χ4n) is 0.933. The maximum absolute atomic E-state index is 3.10. The molecular formula is C12H29N. The van der Waals surface area contributed by atoms with E-state index in [1.54, 1.807) is 0 Å². The number of rotatable bonds is 6. The second-order valence-corrected chi connectivity index (χ2v) is 3.99. The molecule has 0 aliphatic rings. The van der Waals surface area contributed by atoms with Crippen LogP contribution in [0.25, 0.3) is 0 Å². The SMILES string of the molecule is CCCCCC.CNCCC(C)C. The van der Waals surface area contributed by atoms with E-state index in [-0.39, 0.29) is 0 Å². The van der Waals surface area contributed by atoms with E-state index in [1.807, 2.05) is 7.05 Å². The predicted octanol–water partition coefficient (Wildman–Crippen LogP) is 3.84. The lowest BCUT2D eigenvalue weighted by atomic mass is 10.1. The van der Waals surface area contributed by atoms with Crippen molar-refractivity contribution >= 4 is 0 Å². The molecule has 82 valence electrons. The molecule has 0 aromatic heterocycles. The summed E-state index contributed by atoms with van der Waals surface area (Å²) in [6.45, 7) is 10.1. The van der Waals surface area contributed by atoms with Gasteiger partial charge < -0.3 is 5.32 Å². The molecule has 0 bridgehead atoms. The first-order chi connectivity index (χ1) is 6.18. The molecule has 0 aliphatic carbocycles. The Morgan fingerprint density at radius 2 is 1.46 bits per heavy atom. The summed E-state index contributed by atoms with van der Waals surface area (Å²) in [5.41, 5.74) is 0. The summed E-state index contributed by atoms with van der Waals surface area (Å²) in [6, 6.07) is 0. The Labute approximate surface area is 85.3 Å². The zero-order valence-electron chi connectivity index (χ0n) is 10.3. The van der Waals surface area contributed by atoms with Crippen LogP contribution in [0.3, 0.4) is 0 Å². The lowest BCUT2D eigenvalue weighted by Crippen LogP contribution is -2.09. The van der Waals surface area contributed by atoms with Gasteiger partial charge in [-0.15, -0.1) is 0 Å². The zero-order valence-corrected chi connectivity index (χ0v) is 10.3. The second-order valence-electron chi connectivity index (χ2n) is 3.99. The van der Waals surface area contributed by atoms with Crippen LogP contribution < -0.4 is 5.32 Å². The molecule has 0 radical (unpaired) electrons. The van der Waals surface area contributed by atoms with Crippen molar-refractivity contribution in [1.29, 1.82) is 0 Å². The van der Waals surface area contributed by atoms with Crippen molar-refractivity contribution in [3.63, 3.8) is 0 Å². The molecule has 0 aromatic carbocycles. The summed E-state index contributed by atoms with van der Waals surface area (Å²) < 4.78 is 0. The normalized spacial score (nSPS) is 9.69. The van der Waals surface area contributed by atoms with Gasteiger partial charge in [-0.3, -0.25) is 0 Å². The number of nitrogens with one attached hydrogen (secondary N) is 1. The van der Waals surface area contributed by atoms with E-state index in [4.69, 9.17) is 0 Å². The van der Waals surface area contributed by atoms with E-state index < -0.39 is 0 Å². The minimum absolute atomic E-state index is 0.840. The van der Waals surface area contributed by atoms with E-state index in [2.05, 4.69) is 33.0 Å². The first-order valence-electron chi connectivity index (χ1n) is 5.83. The Kier molecular flexibility index (Phi) is 17.2. The van der Waals surface area contributed by atoms with Crippen LogP contribution in [0, 0.1) is 5.92 Å². The van der Waals surface area contributed by atoms with Gasteiger partial charge in [-0.1, -0.05) is 53.4 Å². The largest absolute Gasteiger partial charge is 0.320 e. The molecule has 0 aromatic rings. The molecule has 0 spiro atoms. The van der Waals surface area contributed by atoms with Crippen LogP contribution in [0.1, 0.15) is 59.8 Å². The average molecular weight is 187 g/mol. The number of hydrogen-bond donors (Lipinski definition) is 1. The van der Waals surface area contributed by atoms with Gasteiger partial charge in [0.2, 0.25) is 0 Å². The van der Waals surface area contributed by atoms with Crippen molar-refractivity contribution in [3.05, 3.63) is 0 Å². The maximum atomic E-state index is 3.10. The van der Waals surface area contributed by atoms with Crippen LogP contribution in [0.5, 0.6) is 0 Å². The van der Waals surface area contributed by atoms with Gasteiger partial charge in [-0.2, -0.15) is 0 Å². The van der Waals surface area contributed by atoms with Crippen molar-refractivity contribution in [3.8, 4) is 0 Å². The lowest BCUT2D eigenvalue weighted by Gasteiger charge is -2.00. The topological polar surface area (TPSA) is 12.0 Å². The molecule has 0 saturated heterocycles. The Morgan fingerprint density at radius 1 is 1.00 bits per heavy atom. The molecule has 0 unspecified atom stereocenters. The summed E-state index contributed by atoms with van der Waals surface area (Å²) >= 11 is 0. The van der Waals surface area contributed by atoms with Crippen LogP contribution in [-0.2, 0) is 0 Å². The zero-order chi connectivity index (χ0) is 10.5. The highest BCUT2D eigenvalue weighted by Gasteiger charge is 1.88. The van der Waals surface area contributed by atoms with Crippen molar-refractivity contribution in [2.75, 3.05) is 13.6 Å². The van der Waals surface area contributed by atoms with Gasteiger partial charge in [0.1, 0.15) is 0 Å². The first-order valence-corrected chi connectivity index (χ1v) is 5.83. The second kappa shape index (κ2) is 14.5. The maximum Gasteiger partial charge on any atom is -0.00495 e. The van der Waals surface area contributed by atoms with Crippen molar-refractivity contribution in [2.45, 2.75) is 59.8 Å². The summed E-state index contributed by atoms with van der Waals surface area (Å²) in [7, 11) is 1.99. The highest BCUT2D eigenvalue weighted by atomic mass is 14.8. The van der Waals surface area contributed by atoms with E-state index in [0.717, 1.165) is 12.5 Å². The Balaban J connectivity index is 0. The van der Waals surface area contributed by atoms with Crippen molar-refractivity contribution in [1.82, 2.24) is 5.32 Å². The van der Waals surface area contributed by atoms with Gasteiger partial charge in [0.05, 0.1) is 0 Å². The molecule has 13 heavy (non-hydrogen) atoms. The minimum atomic E-state index is 0.840. The highest BCUT2D eigenvalue weighted by molar-refractivity contribution is 4.45. The third-order valence-electron chi connectivity index (χ3n) is 1.93. The fourth-order valence-corrected chi connectivity index (χ4v) is 0.933. The molecule has 0 amide bonds. The van der Waals surface area contributed by atoms with Crippen LogP contribution in [0.15, 0.2) is 0 Å². The summed E-state index contributed by atoms with van der Waals surface area (Å²) in [6.07, 6.45) is 6.82. The Bertz CT molecular complexity index is 65.5. The van der Waals surface area contributed by atoms with Gasteiger partial charge in [0, 0.05) is 0 Å². The van der Waals surface area contributed by atoms with E-state index in [0.29, 0.717) is 0 Å². The van der Waals surface area contributed by atoms with Gasteiger partial charge in [-0.05, 0) is 25.9 Å². The fraction of sp³-hybridized carbons (Fsp3) is 1.00. The summed E-state index contributed by atoms with van der Waals surface area (Å²) in [4.78, 5) is 0. The smallest absolute Gasteiger partial charge is 0.00495 e. The van der Waals surface area contributed by atoms with E-state index >= 15 is 0 Å². The third kappa shape index (κ3) is 24.5. The molecule has 1 nitrogen and oxygen atoms in total. The number of unbranched alkanes of at least 4 members (excludes halogenated alkanes) is 3. The first kappa shape index (κ1) is 15.4. The van der Waals surface area contributed by atoms with Gasteiger partial charge >= 0.3 is 0 Å². The van der Waals surface area contributed by atoms with Crippen LogP contribution in [-0.4, -0.2) is 13.6 Å². The third-order valence-corrected chi connectivity index (χ3v) is 1.93. The number of hydrogen-bond acceptors (Lipinski definition) is 1.